The van der Waals surface area contributed by atoms with Crippen LogP contribution >= 0.6 is 0 Å². The van der Waals surface area contributed by atoms with Crippen LogP contribution in [0, 0.1) is 5.41 Å². The Labute approximate surface area is 172 Å². The number of carbonyl (C=O) groups is 1. The highest BCUT2D eigenvalue weighted by molar-refractivity contribution is 5.84. The van der Waals surface area contributed by atoms with Crippen molar-refractivity contribution in [3.63, 3.8) is 0 Å². The van der Waals surface area contributed by atoms with Crippen molar-refractivity contribution >= 4 is 11.5 Å². The van der Waals surface area contributed by atoms with Crippen LogP contribution in [-0.4, -0.2) is 30.9 Å². The Morgan fingerprint density at radius 1 is 1.17 bits per heavy atom. The number of halogens is 3. The smallest absolute Gasteiger partial charge is 0.416 e. The molecule has 1 N–H and O–H groups in total. The van der Waals surface area contributed by atoms with Crippen LogP contribution < -0.4 is 4.74 Å². The lowest BCUT2D eigenvalue weighted by atomic mass is 9.90. The largest absolute Gasteiger partial charge is 0.493 e. The van der Waals surface area contributed by atoms with Gasteiger partial charge in [-0.15, -0.1) is 0 Å². The van der Waals surface area contributed by atoms with Crippen LogP contribution in [0.25, 0.3) is 5.57 Å². The molecule has 0 bridgehead atoms. The summed E-state index contributed by atoms with van der Waals surface area (Å²) in [6.07, 6.45) is -0.574. The zero-order valence-electron chi connectivity index (χ0n) is 16.3. The van der Waals surface area contributed by atoms with Crippen molar-refractivity contribution in [2.45, 2.75) is 13.1 Å². The summed E-state index contributed by atoms with van der Waals surface area (Å²) in [5.41, 5.74) is 1.00. The molecule has 1 aliphatic rings. The number of hydrogen-bond donors (Lipinski definition) is 1. The maximum Gasteiger partial charge on any atom is 0.416 e. The number of benzene rings is 2. The number of hydrogen-bond acceptors (Lipinski definition) is 3. The van der Waals surface area contributed by atoms with E-state index < -0.39 is 17.7 Å². The second-order valence-electron chi connectivity index (χ2n) is 7.47. The van der Waals surface area contributed by atoms with Crippen molar-refractivity contribution in [2.24, 2.45) is 5.41 Å². The Morgan fingerprint density at radius 3 is 2.43 bits per heavy atom. The molecule has 0 spiro atoms. The molecule has 0 atom stereocenters. The van der Waals surface area contributed by atoms with Gasteiger partial charge in [-0.05, 0) is 41.0 Å². The van der Waals surface area contributed by atoms with E-state index >= 15 is 0 Å². The Hall–Kier alpha value is -3.06. The van der Waals surface area contributed by atoms with Crippen molar-refractivity contribution in [1.29, 1.82) is 0 Å². The highest BCUT2D eigenvalue weighted by atomic mass is 19.4. The molecule has 7 heteroatoms. The van der Waals surface area contributed by atoms with Crippen molar-refractivity contribution in [2.75, 3.05) is 19.8 Å². The molecule has 0 amide bonds. The van der Waals surface area contributed by atoms with Crippen LogP contribution in [0.15, 0.2) is 66.8 Å². The molecule has 0 aliphatic carbocycles. The SMILES string of the molecule is CC1(COc2cccc(C(=CC=CC(=O)O)c3ccc(C(F)(F)F)cc3)c2)COC1. The zero-order valence-corrected chi connectivity index (χ0v) is 16.3. The Kier molecular flexibility index (Phi) is 6.31. The first-order valence-corrected chi connectivity index (χ1v) is 9.26. The number of alkyl halides is 3. The molecule has 2 aromatic carbocycles. The van der Waals surface area contributed by atoms with E-state index in [9.17, 15) is 18.0 Å². The quantitative estimate of drug-likeness (QED) is 0.497. The van der Waals surface area contributed by atoms with Crippen LogP contribution in [-0.2, 0) is 15.7 Å². The van der Waals surface area contributed by atoms with E-state index in [1.165, 1.54) is 18.2 Å². The maximum absolute atomic E-state index is 12.9. The van der Waals surface area contributed by atoms with Crippen LogP contribution in [0.5, 0.6) is 5.75 Å². The lowest BCUT2D eigenvalue weighted by Gasteiger charge is -2.37. The molecular formula is C23H21F3O4. The van der Waals surface area contributed by atoms with Gasteiger partial charge in [0.05, 0.1) is 25.4 Å². The molecule has 0 saturated carbocycles. The Balaban J connectivity index is 1.90. The van der Waals surface area contributed by atoms with Crippen molar-refractivity contribution < 1.29 is 32.5 Å². The van der Waals surface area contributed by atoms with E-state index in [0.29, 0.717) is 42.3 Å². The minimum Gasteiger partial charge on any atom is -0.493 e. The summed E-state index contributed by atoms with van der Waals surface area (Å²) in [4.78, 5) is 10.8. The summed E-state index contributed by atoms with van der Waals surface area (Å²) < 4.78 is 49.8. The molecule has 1 heterocycles. The van der Waals surface area contributed by atoms with Gasteiger partial charge in [-0.2, -0.15) is 13.2 Å². The third-order valence-corrected chi connectivity index (χ3v) is 4.66. The molecule has 3 rings (SSSR count). The van der Waals surface area contributed by atoms with Gasteiger partial charge in [0.1, 0.15) is 5.75 Å². The first-order chi connectivity index (χ1) is 14.2. The van der Waals surface area contributed by atoms with Gasteiger partial charge in [0.25, 0.3) is 0 Å². The van der Waals surface area contributed by atoms with Crippen LogP contribution in [0.3, 0.4) is 0 Å². The molecule has 0 radical (unpaired) electrons. The minimum absolute atomic E-state index is 0.0354. The molecular weight excluding hydrogens is 397 g/mol. The third kappa shape index (κ3) is 5.51. The minimum atomic E-state index is -4.43. The summed E-state index contributed by atoms with van der Waals surface area (Å²) in [5, 5.41) is 8.84. The summed E-state index contributed by atoms with van der Waals surface area (Å²) in [6, 6.07) is 11.9. The number of carboxylic acids is 1. The second-order valence-corrected chi connectivity index (χ2v) is 7.47. The van der Waals surface area contributed by atoms with Crippen LogP contribution in [0.1, 0.15) is 23.6 Å². The van der Waals surface area contributed by atoms with Gasteiger partial charge >= 0.3 is 12.1 Å². The van der Waals surface area contributed by atoms with Gasteiger partial charge in [0, 0.05) is 11.5 Å². The highest BCUT2D eigenvalue weighted by Gasteiger charge is 2.34. The Morgan fingerprint density at radius 2 is 1.87 bits per heavy atom. The van der Waals surface area contributed by atoms with E-state index in [2.05, 4.69) is 6.92 Å². The fraction of sp³-hybridized carbons (Fsp3) is 0.261. The first-order valence-electron chi connectivity index (χ1n) is 9.26. The van der Waals surface area contributed by atoms with E-state index in [4.69, 9.17) is 14.6 Å². The number of aliphatic carboxylic acids is 1. The average Bonchev–Trinajstić information content (AvgIpc) is 2.68. The van der Waals surface area contributed by atoms with Crippen molar-refractivity contribution in [1.82, 2.24) is 0 Å². The van der Waals surface area contributed by atoms with E-state index in [1.807, 2.05) is 0 Å². The van der Waals surface area contributed by atoms with E-state index in [0.717, 1.165) is 18.2 Å². The predicted octanol–water partition coefficient (Wildman–Crippen LogP) is 5.19. The number of carboxylic acid groups (broad SMARTS) is 1. The zero-order chi connectivity index (χ0) is 21.8. The first kappa shape index (κ1) is 21.6. The second kappa shape index (κ2) is 8.75. The third-order valence-electron chi connectivity index (χ3n) is 4.66. The molecule has 0 unspecified atom stereocenters. The fourth-order valence-corrected chi connectivity index (χ4v) is 2.97. The fourth-order valence-electron chi connectivity index (χ4n) is 2.97. The number of ether oxygens (including phenoxy) is 2. The molecule has 1 aliphatic heterocycles. The van der Waals surface area contributed by atoms with Gasteiger partial charge in [-0.3, -0.25) is 0 Å². The van der Waals surface area contributed by atoms with Gasteiger partial charge < -0.3 is 14.6 Å². The standard InChI is InChI=1S/C23H21F3O4/c1-22(13-29-14-22)15-30-19-5-2-4-17(12-19)20(6-3-7-21(27)28)16-8-10-18(11-9-16)23(24,25)26/h2-12H,13-15H2,1H3,(H,27,28). The summed E-state index contributed by atoms with van der Waals surface area (Å²) in [7, 11) is 0. The predicted molar refractivity (Wildman–Crippen MR) is 106 cm³/mol. The molecule has 1 saturated heterocycles. The lowest BCUT2D eigenvalue weighted by molar-refractivity contribution is -0.137. The number of allylic oxidation sites excluding steroid dienone is 2. The lowest BCUT2D eigenvalue weighted by Crippen LogP contribution is -2.44. The van der Waals surface area contributed by atoms with Crippen LogP contribution in [0.2, 0.25) is 0 Å². The van der Waals surface area contributed by atoms with Gasteiger partial charge in [0.2, 0.25) is 0 Å². The summed E-state index contributed by atoms with van der Waals surface area (Å²) >= 11 is 0. The van der Waals surface area contributed by atoms with Gasteiger partial charge in [0.15, 0.2) is 0 Å². The van der Waals surface area contributed by atoms with Gasteiger partial charge in [-0.1, -0.05) is 43.3 Å². The van der Waals surface area contributed by atoms with Crippen molar-refractivity contribution in [3.8, 4) is 5.75 Å². The molecule has 4 nitrogen and oxygen atoms in total. The normalized spacial score (nSPS) is 16.3. The highest BCUT2D eigenvalue weighted by Crippen LogP contribution is 2.33. The Bertz CT molecular complexity index is 955. The van der Waals surface area contributed by atoms with E-state index in [1.54, 1.807) is 30.3 Å². The average molecular weight is 418 g/mol. The molecule has 0 aromatic heterocycles. The molecule has 158 valence electrons. The summed E-state index contributed by atoms with van der Waals surface area (Å²) in [6.45, 7) is 3.80. The summed E-state index contributed by atoms with van der Waals surface area (Å²) in [5.74, 6) is -0.508. The van der Waals surface area contributed by atoms with Gasteiger partial charge in [-0.25, -0.2) is 4.79 Å². The maximum atomic E-state index is 12.9. The topological polar surface area (TPSA) is 55.8 Å². The van der Waals surface area contributed by atoms with Crippen molar-refractivity contribution in [3.05, 3.63) is 83.4 Å². The number of rotatable bonds is 7. The monoisotopic (exact) mass is 418 g/mol. The molecule has 1 fully saturated rings. The van der Waals surface area contributed by atoms with Crippen LogP contribution in [0.4, 0.5) is 13.2 Å². The molecule has 2 aromatic rings. The molecule has 30 heavy (non-hydrogen) atoms. The van der Waals surface area contributed by atoms with E-state index in [-0.39, 0.29) is 5.41 Å².